The molecule has 0 aliphatic rings. The van der Waals surface area contributed by atoms with Crippen molar-refractivity contribution in [2.24, 2.45) is 0 Å². The van der Waals surface area contributed by atoms with E-state index >= 15 is 0 Å². The molecule has 0 amide bonds. The molecule has 0 saturated heterocycles. The van der Waals surface area contributed by atoms with Gasteiger partial charge < -0.3 is 5.32 Å². The molecule has 2 aromatic heterocycles. The van der Waals surface area contributed by atoms with Crippen molar-refractivity contribution in [3.05, 3.63) is 36.3 Å². The molecule has 0 saturated carbocycles. The van der Waals surface area contributed by atoms with Gasteiger partial charge in [-0.2, -0.15) is 5.10 Å². The second-order valence-corrected chi connectivity index (χ2v) is 6.81. The lowest BCUT2D eigenvalue weighted by molar-refractivity contribution is 0.520. The number of anilines is 1. The summed E-state index contributed by atoms with van der Waals surface area (Å²) in [6.45, 7) is 3.41. The lowest BCUT2D eigenvalue weighted by Crippen LogP contribution is -2.22. The molecule has 0 unspecified atom stereocenters. The van der Waals surface area contributed by atoms with Crippen LogP contribution in [0.25, 0.3) is 0 Å². The zero-order valence-corrected chi connectivity index (χ0v) is 13.1. The predicted molar refractivity (Wildman–Crippen MR) is 80.3 cm³/mol. The molecule has 8 heteroatoms. The molecule has 2 rings (SSSR count). The lowest BCUT2D eigenvalue weighted by Gasteiger charge is -2.12. The molecule has 0 bridgehead atoms. The summed E-state index contributed by atoms with van der Waals surface area (Å²) in [7, 11) is -0.447. The Labute approximate surface area is 124 Å². The standard InChI is InChI=1S/C13H19N5O2S/c1-4-18-11(7-8-16-18)9-14-13-6-5-12(10-15-13)21(19,20)17(2)3/h5-8,10H,4,9H2,1-3H3,(H,14,15). The van der Waals surface area contributed by atoms with Crippen LogP contribution in [-0.4, -0.2) is 41.6 Å². The van der Waals surface area contributed by atoms with Crippen LogP contribution in [0.4, 0.5) is 5.82 Å². The molecular weight excluding hydrogens is 290 g/mol. The zero-order valence-electron chi connectivity index (χ0n) is 12.3. The number of nitrogens with zero attached hydrogens (tertiary/aromatic N) is 4. The highest BCUT2D eigenvalue weighted by Gasteiger charge is 2.17. The van der Waals surface area contributed by atoms with Gasteiger partial charge in [-0.25, -0.2) is 17.7 Å². The van der Waals surface area contributed by atoms with Gasteiger partial charge in [0.15, 0.2) is 0 Å². The quantitative estimate of drug-likeness (QED) is 0.866. The first kappa shape index (κ1) is 15.5. The normalized spacial score (nSPS) is 11.8. The van der Waals surface area contributed by atoms with E-state index in [1.54, 1.807) is 18.3 Å². The SMILES string of the molecule is CCn1nccc1CNc1ccc(S(=O)(=O)N(C)C)cn1. The van der Waals surface area contributed by atoms with Crippen molar-refractivity contribution < 1.29 is 8.42 Å². The average Bonchev–Trinajstić information content (AvgIpc) is 2.92. The first-order valence-electron chi connectivity index (χ1n) is 6.58. The Morgan fingerprint density at radius 1 is 1.29 bits per heavy atom. The molecule has 0 aliphatic heterocycles. The van der Waals surface area contributed by atoms with Crippen LogP contribution >= 0.6 is 0 Å². The summed E-state index contributed by atoms with van der Waals surface area (Å²) in [5, 5.41) is 7.33. The van der Waals surface area contributed by atoms with Gasteiger partial charge in [0, 0.05) is 33.0 Å². The molecule has 0 radical (unpaired) electrons. The van der Waals surface area contributed by atoms with Crippen molar-refractivity contribution in [3.63, 3.8) is 0 Å². The van der Waals surface area contributed by atoms with Gasteiger partial charge >= 0.3 is 0 Å². The smallest absolute Gasteiger partial charge is 0.244 e. The highest BCUT2D eigenvalue weighted by atomic mass is 32.2. The fourth-order valence-corrected chi connectivity index (χ4v) is 2.67. The molecule has 2 aromatic rings. The van der Waals surface area contributed by atoms with Gasteiger partial charge in [0.25, 0.3) is 0 Å². The highest BCUT2D eigenvalue weighted by Crippen LogP contribution is 2.14. The summed E-state index contributed by atoms with van der Waals surface area (Å²) >= 11 is 0. The number of sulfonamides is 1. The van der Waals surface area contributed by atoms with Crippen molar-refractivity contribution >= 4 is 15.8 Å². The summed E-state index contributed by atoms with van der Waals surface area (Å²) in [6, 6.07) is 5.13. The molecular formula is C13H19N5O2S. The maximum absolute atomic E-state index is 11.9. The Hall–Kier alpha value is -1.93. The third kappa shape index (κ3) is 3.40. The summed E-state index contributed by atoms with van der Waals surface area (Å²) in [4.78, 5) is 4.31. The summed E-state index contributed by atoms with van der Waals surface area (Å²) in [6.07, 6.45) is 3.11. The van der Waals surface area contributed by atoms with Crippen molar-refractivity contribution in [1.82, 2.24) is 19.1 Å². The van der Waals surface area contributed by atoms with E-state index in [1.807, 2.05) is 17.7 Å². The lowest BCUT2D eigenvalue weighted by atomic mass is 10.4. The molecule has 21 heavy (non-hydrogen) atoms. The molecule has 0 aromatic carbocycles. The first-order valence-corrected chi connectivity index (χ1v) is 8.02. The Morgan fingerprint density at radius 3 is 2.62 bits per heavy atom. The summed E-state index contributed by atoms with van der Waals surface area (Å²) < 4.78 is 26.9. The van der Waals surface area contributed by atoms with Crippen molar-refractivity contribution in [3.8, 4) is 0 Å². The molecule has 0 fully saturated rings. The van der Waals surface area contributed by atoms with Gasteiger partial charge in [0.2, 0.25) is 10.0 Å². The van der Waals surface area contributed by atoms with E-state index < -0.39 is 10.0 Å². The third-order valence-corrected chi connectivity index (χ3v) is 4.87. The maximum atomic E-state index is 11.9. The molecule has 0 aliphatic carbocycles. The largest absolute Gasteiger partial charge is 0.364 e. The van der Waals surface area contributed by atoms with E-state index in [0.717, 1.165) is 16.5 Å². The summed E-state index contributed by atoms with van der Waals surface area (Å²) in [5.74, 6) is 0.622. The van der Waals surface area contributed by atoms with Crippen LogP contribution in [0.15, 0.2) is 35.5 Å². The van der Waals surface area contributed by atoms with Crippen molar-refractivity contribution in [1.29, 1.82) is 0 Å². The fourth-order valence-electron chi connectivity index (χ4n) is 1.82. The number of aromatic nitrogens is 3. The second kappa shape index (κ2) is 6.23. The zero-order chi connectivity index (χ0) is 15.5. The fraction of sp³-hybridized carbons (Fsp3) is 0.385. The number of aryl methyl sites for hydroxylation is 1. The van der Waals surface area contributed by atoms with Gasteiger partial charge in [-0.05, 0) is 25.1 Å². The van der Waals surface area contributed by atoms with E-state index in [-0.39, 0.29) is 4.90 Å². The van der Waals surface area contributed by atoms with Gasteiger partial charge in [0.1, 0.15) is 10.7 Å². The van der Waals surface area contributed by atoms with Crippen LogP contribution in [0, 0.1) is 0 Å². The van der Waals surface area contributed by atoms with Crippen molar-refractivity contribution in [2.75, 3.05) is 19.4 Å². The molecule has 114 valence electrons. The first-order chi connectivity index (χ1) is 9.95. The number of hydrogen-bond acceptors (Lipinski definition) is 5. The van der Waals surface area contributed by atoms with E-state index in [4.69, 9.17) is 0 Å². The molecule has 7 nitrogen and oxygen atoms in total. The molecule has 0 atom stereocenters. The van der Waals surface area contributed by atoms with E-state index in [1.165, 1.54) is 20.3 Å². The van der Waals surface area contributed by atoms with Gasteiger partial charge in [-0.15, -0.1) is 0 Å². The molecule has 2 heterocycles. The molecule has 0 spiro atoms. The minimum absolute atomic E-state index is 0.177. The number of pyridine rings is 1. The van der Waals surface area contributed by atoms with Crippen molar-refractivity contribution in [2.45, 2.75) is 24.9 Å². The average molecular weight is 309 g/mol. The topological polar surface area (TPSA) is 80.1 Å². The number of nitrogens with one attached hydrogen (secondary N) is 1. The monoisotopic (exact) mass is 309 g/mol. The second-order valence-electron chi connectivity index (χ2n) is 4.66. The third-order valence-electron chi connectivity index (χ3n) is 3.07. The van der Waals surface area contributed by atoms with Crippen LogP contribution in [0.5, 0.6) is 0 Å². The van der Waals surface area contributed by atoms with Gasteiger partial charge in [-0.3, -0.25) is 4.68 Å². The van der Waals surface area contributed by atoms with Crippen LogP contribution in [0.3, 0.4) is 0 Å². The Kier molecular flexibility index (Phi) is 4.59. The Bertz CT molecular complexity index is 692. The minimum atomic E-state index is -3.43. The molecule has 1 N–H and O–H groups in total. The minimum Gasteiger partial charge on any atom is -0.364 e. The Balaban J connectivity index is 2.07. The van der Waals surface area contributed by atoms with E-state index in [0.29, 0.717) is 12.4 Å². The van der Waals surface area contributed by atoms with Crippen LogP contribution in [0.1, 0.15) is 12.6 Å². The number of hydrogen-bond donors (Lipinski definition) is 1. The Morgan fingerprint density at radius 2 is 2.05 bits per heavy atom. The van der Waals surface area contributed by atoms with Gasteiger partial charge in [0.05, 0.1) is 12.2 Å². The van der Waals surface area contributed by atoms with Gasteiger partial charge in [-0.1, -0.05) is 0 Å². The van der Waals surface area contributed by atoms with E-state index in [2.05, 4.69) is 15.4 Å². The predicted octanol–water partition coefficient (Wildman–Crippen LogP) is 1.16. The van der Waals surface area contributed by atoms with Crippen LogP contribution < -0.4 is 5.32 Å². The van der Waals surface area contributed by atoms with Crippen LogP contribution in [-0.2, 0) is 23.1 Å². The summed E-state index contributed by atoms with van der Waals surface area (Å²) in [5.41, 5.74) is 1.05. The van der Waals surface area contributed by atoms with E-state index in [9.17, 15) is 8.42 Å². The highest BCUT2D eigenvalue weighted by molar-refractivity contribution is 7.89. The maximum Gasteiger partial charge on any atom is 0.244 e. The number of rotatable bonds is 6. The van der Waals surface area contributed by atoms with Crippen LogP contribution in [0.2, 0.25) is 0 Å².